The molecule has 1 fully saturated rings. The number of aromatic nitrogens is 5. The van der Waals surface area contributed by atoms with Crippen molar-refractivity contribution in [2.24, 2.45) is 0 Å². The van der Waals surface area contributed by atoms with E-state index in [0.29, 0.717) is 30.1 Å². The lowest BCUT2D eigenvalue weighted by molar-refractivity contribution is -0.134. The molecule has 10 nitrogen and oxygen atoms in total. The first-order valence-electron chi connectivity index (χ1n) is 11.5. The highest BCUT2D eigenvalue weighted by molar-refractivity contribution is 5.93. The van der Waals surface area contributed by atoms with Crippen LogP contribution in [-0.2, 0) is 4.79 Å². The average Bonchev–Trinajstić information content (AvgIpc) is 3.62. The van der Waals surface area contributed by atoms with E-state index in [1.165, 1.54) is 6.33 Å². The number of H-pyrrole nitrogens is 1. The number of hydrogen-bond acceptors (Lipinski definition) is 7. The van der Waals surface area contributed by atoms with Gasteiger partial charge < -0.3 is 25.7 Å². The van der Waals surface area contributed by atoms with Gasteiger partial charge in [-0.2, -0.15) is 5.10 Å². The van der Waals surface area contributed by atoms with Crippen molar-refractivity contribution in [3.05, 3.63) is 48.7 Å². The lowest BCUT2D eigenvalue weighted by Crippen LogP contribution is -2.46. The van der Waals surface area contributed by atoms with Crippen molar-refractivity contribution < 1.29 is 9.53 Å². The van der Waals surface area contributed by atoms with E-state index in [1.807, 2.05) is 46.0 Å². The third-order valence-electron chi connectivity index (χ3n) is 6.84. The molecule has 0 radical (unpaired) electrons. The minimum Gasteiger partial charge on any atom is -0.495 e. The number of benzene rings is 1. The van der Waals surface area contributed by atoms with Gasteiger partial charge in [-0.25, -0.2) is 14.5 Å². The number of piperidine rings is 1. The van der Waals surface area contributed by atoms with E-state index < -0.39 is 0 Å². The maximum absolute atomic E-state index is 12.8. The predicted molar refractivity (Wildman–Crippen MR) is 128 cm³/mol. The van der Waals surface area contributed by atoms with Crippen LogP contribution in [0, 0.1) is 0 Å². The van der Waals surface area contributed by atoms with Crippen LogP contribution in [-0.4, -0.2) is 61.6 Å². The molecule has 0 saturated carbocycles. The molecule has 1 atom stereocenters. The summed E-state index contributed by atoms with van der Waals surface area (Å²) in [5, 5.41) is 8.65. The van der Waals surface area contributed by atoms with Crippen molar-refractivity contribution in [3.63, 3.8) is 0 Å². The van der Waals surface area contributed by atoms with Crippen molar-refractivity contribution in [2.45, 2.75) is 31.2 Å². The van der Waals surface area contributed by atoms with Gasteiger partial charge in [-0.3, -0.25) is 4.79 Å². The standard InChI is InChI=1S/C24H26N8O2/c1-34-18-6-2-4-15-12-17(29-19(15)18)20-21-22(25)27-13-28-32(21)23(30-20)14-7-10-31(11-8-14)24(33)16-5-3-9-26-16/h2-4,6,9,12-14,16,26,29H,5,7-8,10-11H2,1H3,(H2,25,27,28). The number of carbonyl (C=O) groups excluding carboxylic acids is 1. The van der Waals surface area contributed by atoms with Gasteiger partial charge in [0.25, 0.3) is 0 Å². The Morgan fingerprint density at radius 2 is 2.12 bits per heavy atom. The summed E-state index contributed by atoms with van der Waals surface area (Å²) in [7, 11) is 1.65. The molecule has 4 N–H and O–H groups in total. The Morgan fingerprint density at radius 1 is 1.26 bits per heavy atom. The number of nitrogens with zero attached hydrogens (tertiary/aromatic N) is 5. The molecule has 5 heterocycles. The van der Waals surface area contributed by atoms with E-state index in [0.717, 1.165) is 47.4 Å². The normalized spacial score (nSPS) is 18.6. The average molecular weight is 459 g/mol. The van der Waals surface area contributed by atoms with Gasteiger partial charge in [0.1, 0.15) is 35.2 Å². The first-order chi connectivity index (χ1) is 16.6. The number of para-hydroxylation sites is 1. The Hall–Kier alpha value is -4.08. The number of hydrogen-bond donors (Lipinski definition) is 3. The van der Waals surface area contributed by atoms with Crippen LogP contribution >= 0.6 is 0 Å². The summed E-state index contributed by atoms with van der Waals surface area (Å²) in [6.07, 6.45) is 7.69. The Labute approximate surface area is 195 Å². The zero-order valence-electron chi connectivity index (χ0n) is 18.9. The Morgan fingerprint density at radius 3 is 2.88 bits per heavy atom. The van der Waals surface area contributed by atoms with Crippen LogP contribution in [0.15, 0.2) is 42.9 Å². The van der Waals surface area contributed by atoms with Crippen LogP contribution < -0.4 is 15.8 Å². The predicted octanol–water partition coefficient (Wildman–Crippen LogP) is 2.44. The van der Waals surface area contributed by atoms with E-state index in [2.05, 4.69) is 20.4 Å². The molecule has 0 bridgehead atoms. The summed E-state index contributed by atoms with van der Waals surface area (Å²) >= 11 is 0. The summed E-state index contributed by atoms with van der Waals surface area (Å²) < 4.78 is 7.32. The zero-order chi connectivity index (χ0) is 23.2. The number of anilines is 1. The number of likely N-dealkylation sites (tertiary alicyclic amines) is 1. The van der Waals surface area contributed by atoms with E-state index in [1.54, 1.807) is 7.11 Å². The number of nitrogen functional groups attached to an aromatic ring is 1. The van der Waals surface area contributed by atoms with Crippen LogP contribution in [0.4, 0.5) is 5.82 Å². The van der Waals surface area contributed by atoms with Crippen molar-refractivity contribution in [2.75, 3.05) is 25.9 Å². The number of aromatic amines is 1. The smallest absolute Gasteiger partial charge is 0.245 e. The topological polar surface area (TPSA) is 126 Å². The zero-order valence-corrected chi connectivity index (χ0v) is 18.9. The number of imidazole rings is 1. The second-order valence-corrected chi connectivity index (χ2v) is 8.79. The number of nitrogens with two attached hydrogens (primary N) is 1. The molecule has 6 rings (SSSR count). The highest BCUT2D eigenvalue weighted by Gasteiger charge is 2.32. The van der Waals surface area contributed by atoms with Crippen molar-refractivity contribution in [1.29, 1.82) is 0 Å². The maximum atomic E-state index is 12.8. The van der Waals surface area contributed by atoms with Crippen LogP contribution in [0.3, 0.4) is 0 Å². The molecule has 1 saturated heterocycles. The van der Waals surface area contributed by atoms with Crippen LogP contribution in [0.1, 0.15) is 31.0 Å². The molecule has 4 aromatic rings. The SMILES string of the molecule is COc1cccc2cc(-c3nc(C4CCN(C(=O)C5CC=CN5)CC4)n4ncnc(N)c34)[nH]c12. The number of carbonyl (C=O) groups is 1. The summed E-state index contributed by atoms with van der Waals surface area (Å²) in [6.45, 7) is 1.38. The Kier molecular flexibility index (Phi) is 4.86. The molecule has 3 aromatic heterocycles. The molecule has 1 unspecified atom stereocenters. The number of ether oxygens (including phenoxy) is 1. The highest BCUT2D eigenvalue weighted by Crippen LogP contribution is 2.36. The van der Waals surface area contributed by atoms with E-state index >= 15 is 0 Å². The fraction of sp³-hybridized carbons (Fsp3) is 0.333. The van der Waals surface area contributed by atoms with Crippen LogP contribution in [0.25, 0.3) is 27.8 Å². The largest absolute Gasteiger partial charge is 0.495 e. The highest BCUT2D eigenvalue weighted by atomic mass is 16.5. The molecular formula is C24H26N8O2. The molecule has 2 aliphatic heterocycles. The van der Waals surface area contributed by atoms with Gasteiger partial charge in [0.2, 0.25) is 5.91 Å². The summed E-state index contributed by atoms with van der Waals surface area (Å²) in [6, 6.07) is 7.81. The second kappa shape index (κ2) is 8.05. The molecule has 1 amide bonds. The van der Waals surface area contributed by atoms with Crippen molar-refractivity contribution in [1.82, 2.24) is 34.8 Å². The molecule has 2 aliphatic rings. The monoisotopic (exact) mass is 458 g/mol. The summed E-state index contributed by atoms with van der Waals surface area (Å²) in [5.41, 5.74) is 9.43. The first kappa shape index (κ1) is 20.5. The van der Waals surface area contributed by atoms with Crippen molar-refractivity contribution >= 4 is 28.1 Å². The first-order valence-corrected chi connectivity index (χ1v) is 11.5. The van der Waals surface area contributed by atoms with E-state index in [-0.39, 0.29) is 17.9 Å². The molecule has 174 valence electrons. The van der Waals surface area contributed by atoms with Gasteiger partial charge >= 0.3 is 0 Å². The van der Waals surface area contributed by atoms with Gasteiger partial charge in [-0.1, -0.05) is 18.2 Å². The van der Waals surface area contributed by atoms with E-state index in [9.17, 15) is 4.79 Å². The third-order valence-corrected chi connectivity index (χ3v) is 6.84. The number of fused-ring (bicyclic) bond motifs is 2. The lowest BCUT2D eigenvalue weighted by Gasteiger charge is -2.33. The molecular weight excluding hydrogens is 432 g/mol. The summed E-state index contributed by atoms with van der Waals surface area (Å²) in [4.78, 5) is 27.4. The summed E-state index contributed by atoms with van der Waals surface area (Å²) in [5.74, 6) is 2.31. The van der Waals surface area contributed by atoms with Gasteiger partial charge in [0.05, 0.1) is 18.3 Å². The van der Waals surface area contributed by atoms with E-state index in [4.69, 9.17) is 15.5 Å². The fourth-order valence-corrected chi connectivity index (χ4v) is 5.06. The van der Waals surface area contributed by atoms with Crippen LogP contribution in [0.2, 0.25) is 0 Å². The maximum Gasteiger partial charge on any atom is 0.245 e. The molecule has 10 heteroatoms. The van der Waals surface area contributed by atoms with Gasteiger partial charge in [-0.05, 0) is 37.6 Å². The van der Waals surface area contributed by atoms with Gasteiger partial charge in [0, 0.05) is 24.4 Å². The quantitative estimate of drug-likeness (QED) is 0.429. The molecule has 34 heavy (non-hydrogen) atoms. The molecule has 1 aromatic carbocycles. The fourth-order valence-electron chi connectivity index (χ4n) is 5.06. The minimum absolute atomic E-state index is 0.137. The number of amides is 1. The van der Waals surface area contributed by atoms with Gasteiger partial charge in [-0.15, -0.1) is 0 Å². The number of methoxy groups -OCH3 is 1. The number of nitrogens with one attached hydrogen (secondary N) is 2. The minimum atomic E-state index is -0.137. The Balaban J connectivity index is 1.34. The number of rotatable bonds is 4. The Bertz CT molecular complexity index is 1410. The lowest BCUT2D eigenvalue weighted by atomic mass is 9.95. The van der Waals surface area contributed by atoms with Gasteiger partial charge in [0.15, 0.2) is 5.82 Å². The molecule has 0 aliphatic carbocycles. The third kappa shape index (κ3) is 3.25. The van der Waals surface area contributed by atoms with Crippen LogP contribution in [0.5, 0.6) is 5.75 Å². The second-order valence-electron chi connectivity index (χ2n) is 8.79. The molecule has 0 spiro atoms. The van der Waals surface area contributed by atoms with Crippen molar-refractivity contribution in [3.8, 4) is 17.1 Å².